The molecule has 0 unspecified atom stereocenters. The molecule has 9 heteroatoms. The Bertz CT molecular complexity index is 691. The number of unbranched alkanes of at least 4 members (excludes halogenated alkanes) is 1. The summed E-state index contributed by atoms with van der Waals surface area (Å²) in [4.78, 5) is 12.5. The van der Waals surface area contributed by atoms with Crippen LogP contribution in [0, 0.1) is 0 Å². The third-order valence-electron chi connectivity index (χ3n) is 4.21. The summed E-state index contributed by atoms with van der Waals surface area (Å²) in [6, 6.07) is 4.89. The highest BCUT2D eigenvalue weighted by Crippen LogP contribution is 2.23. The van der Waals surface area contributed by atoms with Gasteiger partial charge in [0.15, 0.2) is 0 Å². The van der Waals surface area contributed by atoms with E-state index in [1.165, 1.54) is 10.4 Å². The van der Waals surface area contributed by atoms with E-state index >= 15 is 0 Å². The lowest BCUT2D eigenvalue weighted by molar-refractivity contribution is 0.0730. The number of halogens is 1. The lowest BCUT2D eigenvalue weighted by Gasteiger charge is -2.27. The van der Waals surface area contributed by atoms with E-state index in [-0.39, 0.29) is 23.2 Å². The Hall–Kier alpha value is -1.19. The first-order chi connectivity index (χ1) is 12.0. The number of benzene rings is 1. The summed E-state index contributed by atoms with van der Waals surface area (Å²) in [7, 11) is -3.63. The van der Waals surface area contributed by atoms with Crippen molar-refractivity contribution in [1.29, 1.82) is 0 Å². The van der Waals surface area contributed by atoms with Crippen LogP contribution in [0.3, 0.4) is 0 Å². The highest BCUT2D eigenvalue weighted by atomic mass is 35.5. The van der Waals surface area contributed by atoms with Gasteiger partial charge in [0.1, 0.15) is 0 Å². The fourth-order valence-electron chi connectivity index (χ4n) is 2.73. The Morgan fingerprint density at radius 2 is 1.96 bits per heavy atom. The molecule has 1 aliphatic heterocycles. The number of carbonyl (C=O) groups excluding carboxylic acids is 1. The van der Waals surface area contributed by atoms with Crippen molar-refractivity contribution in [3.63, 3.8) is 0 Å². The van der Waals surface area contributed by atoms with E-state index in [0.29, 0.717) is 56.9 Å². The van der Waals surface area contributed by atoms with Crippen LogP contribution in [0.25, 0.3) is 0 Å². The van der Waals surface area contributed by atoms with Gasteiger partial charge in [0.2, 0.25) is 10.0 Å². The molecule has 26 heavy (non-hydrogen) atoms. The maximum Gasteiger partial charge on any atom is 0.251 e. The second-order valence-corrected chi connectivity index (χ2v) is 7.85. The van der Waals surface area contributed by atoms with Gasteiger partial charge in [-0.2, -0.15) is 4.31 Å². The Morgan fingerprint density at radius 3 is 2.58 bits per heavy atom. The Kier molecular flexibility index (Phi) is 9.52. The predicted molar refractivity (Wildman–Crippen MR) is 103 cm³/mol. The Balaban J connectivity index is 0.00000338. The predicted octanol–water partition coefficient (Wildman–Crippen LogP) is 1.16. The van der Waals surface area contributed by atoms with E-state index in [0.717, 1.165) is 12.8 Å². The van der Waals surface area contributed by atoms with Crippen molar-refractivity contribution in [2.45, 2.75) is 31.1 Å². The Labute approximate surface area is 161 Å². The SMILES string of the molecule is CCc1ccc(C(=O)NCCCCN)cc1S(=O)(=O)N1CCOCC1.Cl. The number of nitrogens with one attached hydrogen (secondary N) is 1. The van der Waals surface area contributed by atoms with E-state index in [1.807, 2.05) is 6.92 Å². The summed E-state index contributed by atoms with van der Waals surface area (Å²) >= 11 is 0. The molecule has 0 saturated carbocycles. The molecule has 1 aromatic carbocycles. The summed E-state index contributed by atoms with van der Waals surface area (Å²) in [5.41, 5.74) is 6.51. The molecular formula is C17H28ClN3O4S. The van der Waals surface area contributed by atoms with Gasteiger partial charge in [0.25, 0.3) is 5.91 Å². The molecule has 0 bridgehead atoms. The standard InChI is InChI=1S/C17H27N3O4S.ClH/c1-2-14-5-6-15(17(21)19-8-4-3-7-18)13-16(14)25(22,23)20-9-11-24-12-10-20;/h5-6,13H,2-4,7-12,18H2,1H3,(H,19,21);1H. The molecule has 3 N–H and O–H groups in total. The molecule has 1 aromatic rings. The number of amides is 1. The number of ether oxygens (including phenoxy) is 1. The third-order valence-corrected chi connectivity index (χ3v) is 6.20. The number of morpholine rings is 1. The minimum atomic E-state index is -3.63. The Morgan fingerprint density at radius 1 is 1.27 bits per heavy atom. The fourth-order valence-corrected chi connectivity index (χ4v) is 4.45. The van der Waals surface area contributed by atoms with Crippen LogP contribution in [-0.2, 0) is 21.2 Å². The largest absolute Gasteiger partial charge is 0.379 e. The molecular weight excluding hydrogens is 378 g/mol. The molecule has 0 atom stereocenters. The fraction of sp³-hybridized carbons (Fsp3) is 0.588. The first kappa shape index (κ1) is 22.9. The topological polar surface area (TPSA) is 102 Å². The van der Waals surface area contributed by atoms with Gasteiger partial charge in [-0.15, -0.1) is 12.4 Å². The van der Waals surface area contributed by atoms with Gasteiger partial charge in [-0.1, -0.05) is 13.0 Å². The van der Waals surface area contributed by atoms with Crippen molar-refractivity contribution in [2.24, 2.45) is 5.73 Å². The average molecular weight is 406 g/mol. The number of hydrogen-bond donors (Lipinski definition) is 2. The normalized spacial score (nSPS) is 15.3. The highest BCUT2D eigenvalue weighted by molar-refractivity contribution is 7.89. The van der Waals surface area contributed by atoms with Crippen LogP contribution in [0.4, 0.5) is 0 Å². The van der Waals surface area contributed by atoms with E-state index in [4.69, 9.17) is 10.5 Å². The zero-order valence-electron chi connectivity index (χ0n) is 15.1. The quantitative estimate of drug-likeness (QED) is 0.632. The molecule has 2 rings (SSSR count). The van der Waals surface area contributed by atoms with Gasteiger partial charge in [-0.3, -0.25) is 4.79 Å². The number of rotatable bonds is 8. The summed E-state index contributed by atoms with van der Waals surface area (Å²) in [6.45, 7) is 4.46. The number of nitrogens with two attached hydrogens (primary N) is 1. The van der Waals surface area contributed by atoms with Crippen LogP contribution >= 0.6 is 12.4 Å². The van der Waals surface area contributed by atoms with Crippen molar-refractivity contribution < 1.29 is 17.9 Å². The van der Waals surface area contributed by atoms with E-state index in [9.17, 15) is 13.2 Å². The molecule has 0 aliphatic carbocycles. The second kappa shape index (κ2) is 10.8. The van der Waals surface area contributed by atoms with E-state index in [1.54, 1.807) is 12.1 Å². The van der Waals surface area contributed by atoms with E-state index < -0.39 is 10.0 Å². The van der Waals surface area contributed by atoms with Crippen LogP contribution in [0.2, 0.25) is 0 Å². The number of hydrogen-bond acceptors (Lipinski definition) is 5. The van der Waals surface area contributed by atoms with E-state index in [2.05, 4.69) is 5.32 Å². The van der Waals surface area contributed by atoms with Gasteiger partial charge < -0.3 is 15.8 Å². The van der Waals surface area contributed by atoms with Gasteiger partial charge in [0.05, 0.1) is 18.1 Å². The summed E-state index contributed by atoms with van der Waals surface area (Å²) in [5, 5.41) is 2.81. The molecule has 1 saturated heterocycles. The molecule has 1 heterocycles. The zero-order chi connectivity index (χ0) is 18.3. The summed E-state index contributed by atoms with van der Waals surface area (Å²) < 4.78 is 32.6. The van der Waals surface area contributed by atoms with Gasteiger partial charge in [-0.25, -0.2) is 8.42 Å². The number of carbonyl (C=O) groups is 1. The highest BCUT2D eigenvalue weighted by Gasteiger charge is 2.28. The van der Waals surface area contributed by atoms with Crippen molar-refractivity contribution >= 4 is 28.3 Å². The van der Waals surface area contributed by atoms with Gasteiger partial charge in [0, 0.05) is 25.2 Å². The van der Waals surface area contributed by atoms with Crippen LogP contribution < -0.4 is 11.1 Å². The molecule has 148 valence electrons. The molecule has 0 radical (unpaired) electrons. The molecule has 7 nitrogen and oxygen atoms in total. The minimum Gasteiger partial charge on any atom is -0.379 e. The number of nitrogens with zero attached hydrogens (tertiary/aromatic N) is 1. The first-order valence-electron chi connectivity index (χ1n) is 8.69. The smallest absolute Gasteiger partial charge is 0.251 e. The molecule has 1 amide bonds. The monoisotopic (exact) mass is 405 g/mol. The minimum absolute atomic E-state index is 0. The van der Waals surface area contributed by atoms with Crippen LogP contribution in [0.15, 0.2) is 23.1 Å². The van der Waals surface area contributed by atoms with Crippen LogP contribution in [0.5, 0.6) is 0 Å². The van der Waals surface area contributed by atoms with Gasteiger partial charge >= 0.3 is 0 Å². The van der Waals surface area contributed by atoms with Gasteiger partial charge in [-0.05, 0) is 43.5 Å². The lowest BCUT2D eigenvalue weighted by Crippen LogP contribution is -2.41. The van der Waals surface area contributed by atoms with Crippen LogP contribution in [-0.4, -0.2) is 58.0 Å². The van der Waals surface area contributed by atoms with Crippen molar-refractivity contribution in [1.82, 2.24) is 9.62 Å². The second-order valence-electron chi connectivity index (χ2n) is 5.94. The maximum absolute atomic E-state index is 13.0. The molecule has 1 fully saturated rings. The summed E-state index contributed by atoms with van der Waals surface area (Å²) in [5.74, 6) is -0.266. The van der Waals surface area contributed by atoms with Crippen molar-refractivity contribution in [3.8, 4) is 0 Å². The molecule has 1 aliphatic rings. The first-order valence-corrected chi connectivity index (χ1v) is 10.1. The maximum atomic E-state index is 13.0. The van der Waals surface area contributed by atoms with Crippen molar-refractivity contribution in [2.75, 3.05) is 39.4 Å². The number of aryl methyl sites for hydroxylation is 1. The summed E-state index contributed by atoms with van der Waals surface area (Å²) in [6.07, 6.45) is 2.22. The zero-order valence-corrected chi connectivity index (χ0v) is 16.7. The molecule has 0 aromatic heterocycles. The number of sulfonamides is 1. The average Bonchev–Trinajstić information content (AvgIpc) is 2.65. The molecule has 0 spiro atoms. The lowest BCUT2D eigenvalue weighted by atomic mass is 10.1. The van der Waals surface area contributed by atoms with Crippen LogP contribution in [0.1, 0.15) is 35.7 Å². The third kappa shape index (κ3) is 5.65. The van der Waals surface area contributed by atoms with Crippen molar-refractivity contribution in [3.05, 3.63) is 29.3 Å².